The van der Waals surface area contributed by atoms with Crippen LogP contribution < -0.4 is 11.1 Å². The number of nitro benzene ring substituents is 1. The van der Waals surface area contributed by atoms with Crippen molar-refractivity contribution in [3.63, 3.8) is 0 Å². The fourth-order valence-corrected chi connectivity index (χ4v) is 1.11. The molecule has 0 unspecified atom stereocenters. The molecule has 0 heterocycles. The van der Waals surface area contributed by atoms with Gasteiger partial charge in [-0.3, -0.25) is 14.9 Å². The van der Waals surface area contributed by atoms with Gasteiger partial charge in [-0.15, -0.1) is 0 Å². The van der Waals surface area contributed by atoms with Gasteiger partial charge >= 0.3 is 0 Å². The van der Waals surface area contributed by atoms with Gasteiger partial charge in [-0.25, -0.2) is 0 Å². The smallest absolute Gasteiger partial charge is 0.274 e. The summed E-state index contributed by atoms with van der Waals surface area (Å²) in [6.07, 6.45) is 0. The van der Waals surface area contributed by atoms with Crippen molar-refractivity contribution in [1.82, 2.24) is 0 Å². The van der Waals surface area contributed by atoms with Crippen molar-refractivity contribution in [2.24, 2.45) is 5.73 Å². The van der Waals surface area contributed by atoms with Gasteiger partial charge in [-0.1, -0.05) is 6.07 Å². The minimum absolute atomic E-state index is 0.0180. The van der Waals surface area contributed by atoms with E-state index in [2.05, 4.69) is 5.32 Å². The van der Waals surface area contributed by atoms with Crippen LogP contribution in [-0.2, 0) is 4.79 Å². The number of benzene rings is 1. The lowest BCUT2D eigenvalue weighted by molar-refractivity contribution is -0.385. The SMILES string of the molecule is Cc1ccc(NCC(N)=O)cc1[N+](=O)[O-]. The highest BCUT2D eigenvalue weighted by atomic mass is 16.6. The van der Waals surface area contributed by atoms with Crippen LogP contribution in [0.4, 0.5) is 11.4 Å². The van der Waals surface area contributed by atoms with Crippen molar-refractivity contribution in [2.45, 2.75) is 6.92 Å². The fraction of sp³-hybridized carbons (Fsp3) is 0.222. The van der Waals surface area contributed by atoms with E-state index in [1.807, 2.05) is 0 Å². The van der Waals surface area contributed by atoms with Gasteiger partial charge in [0.15, 0.2) is 0 Å². The first-order chi connectivity index (χ1) is 7.00. The second-order valence-corrected chi connectivity index (χ2v) is 3.08. The number of hydrogen-bond acceptors (Lipinski definition) is 4. The third-order valence-electron chi connectivity index (χ3n) is 1.87. The molecule has 0 atom stereocenters. The molecule has 0 aromatic heterocycles. The number of primary amides is 1. The fourth-order valence-electron chi connectivity index (χ4n) is 1.11. The summed E-state index contributed by atoms with van der Waals surface area (Å²) < 4.78 is 0. The maximum Gasteiger partial charge on any atom is 0.274 e. The Morgan fingerprint density at radius 2 is 2.27 bits per heavy atom. The van der Waals surface area contributed by atoms with Crippen molar-refractivity contribution < 1.29 is 9.72 Å². The molecule has 0 saturated carbocycles. The zero-order valence-corrected chi connectivity index (χ0v) is 8.19. The highest BCUT2D eigenvalue weighted by Crippen LogP contribution is 2.21. The quantitative estimate of drug-likeness (QED) is 0.566. The Hall–Kier alpha value is -2.11. The number of anilines is 1. The van der Waals surface area contributed by atoms with Gasteiger partial charge in [0.05, 0.1) is 11.5 Å². The molecular formula is C9H11N3O3. The molecule has 0 aliphatic rings. The summed E-state index contributed by atoms with van der Waals surface area (Å²) in [4.78, 5) is 20.6. The standard InChI is InChI=1S/C9H11N3O3/c1-6-2-3-7(11-5-9(10)13)4-8(6)12(14)15/h2-4,11H,5H2,1H3,(H2,10,13). The second kappa shape index (κ2) is 4.41. The van der Waals surface area contributed by atoms with Crippen molar-refractivity contribution in [2.75, 3.05) is 11.9 Å². The van der Waals surface area contributed by atoms with E-state index in [1.54, 1.807) is 19.1 Å². The number of carbonyl (C=O) groups is 1. The summed E-state index contributed by atoms with van der Waals surface area (Å²) in [6.45, 7) is 1.61. The van der Waals surface area contributed by atoms with Crippen LogP contribution >= 0.6 is 0 Å². The van der Waals surface area contributed by atoms with Crippen molar-refractivity contribution in [1.29, 1.82) is 0 Å². The number of amides is 1. The average Bonchev–Trinajstić information content (AvgIpc) is 2.16. The highest BCUT2D eigenvalue weighted by Gasteiger charge is 2.10. The summed E-state index contributed by atoms with van der Waals surface area (Å²) in [6, 6.07) is 4.64. The van der Waals surface area contributed by atoms with E-state index in [1.165, 1.54) is 6.07 Å². The van der Waals surface area contributed by atoms with Crippen LogP contribution in [0, 0.1) is 17.0 Å². The number of nitrogens with one attached hydrogen (secondary N) is 1. The molecule has 0 saturated heterocycles. The molecule has 0 aliphatic carbocycles. The van der Waals surface area contributed by atoms with Gasteiger partial charge in [-0.2, -0.15) is 0 Å². The number of hydrogen-bond donors (Lipinski definition) is 2. The van der Waals surface area contributed by atoms with Crippen LogP contribution in [0.25, 0.3) is 0 Å². The van der Waals surface area contributed by atoms with Crippen LogP contribution in [0.5, 0.6) is 0 Å². The highest BCUT2D eigenvalue weighted by molar-refractivity contribution is 5.79. The van der Waals surface area contributed by atoms with Crippen molar-refractivity contribution in [3.05, 3.63) is 33.9 Å². The van der Waals surface area contributed by atoms with Gasteiger partial charge in [-0.05, 0) is 13.0 Å². The van der Waals surface area contributed by atoms with Crippen LogP contribution in [0.3, 0.4) is 0 Å². The molecule has 0 radical (unpaired) electrons. The third kappa shape index (κ3) is 2.94. The molecule has 0 fully saturated rings. The van der Waals surface area contributed by atoms with E-state index in [-0.39, 0.29) is 12.2 Å². The molecule has 1 aromatic carbocycles. The first-order valence-electron chi connectivity index (χ1n) is 4.28. The predicted molar refractivity (Wildman–Crippen MR) is 55.5 cm³/mol. The Morgan fingerprint density at radius 1 is 1.60 bits per heavy atom. The molecule has 15 heavy (non-hydrogen) atoms. The summed E-state index contributed by atoms with van der Waals surface area (Å²) in [7, 11) is 0. The largest absolute Gasteiger partial charge is 0.376 e. The Labute approximate surface area is 86.2 Å². The van der Waals surface area contributed by atoms with Gasteiger partial charge in [0.25, 0.3) is 5.69 Å². The lowest BCUT2D eigenvalue weighted by Crippen LogP contribution is -2.21. The van der Waals surface area contributed by atoms with Crippen molar-refractivity contribution >= 4 is 17.3 Å². The topological polar surface area (TPSA) is 98.3 Å². The van der Waals surface area contributed by atoms with Crippen LogP contribution in [0.15, 0.2) is 18.2 Å². The number of nitro groups is 1. The molecular weight excluding hydrogens is 198 g/mol. The van der Waals surface area contributed by atoms with Crippen LogP contribution in [-0.4, -0.2) is 17.4 Å². The van der Waals surface area contributed by atoms with Gasteiger partial charge in [0.2, 0.25) is 5.91 Å². The zero-order chi connectivity index (χ0) is 11.4. The minimum Gasteiger partial charge on any atom is -0.376 e. The molecule has 1 amide bonds. The number of nitrogens with zero attached hydrogens (tertiary/aromatic N) is 1. The van der Waals surface area contributed by atoms with E-state index in [4.69, 9.17) is 5.73 Å². The number of nitrogens with two attached hydrogens (primary N) is 1. The molecule has 1 aromatic rings. The monoisotopic (exact) mass is 209 g/mol. The molecule has 0 spiro atoms. The molecule has 3 N–H and O–H groups in total. The summed E-state index contributed by atoms with van der Waals surface area (Å²) in [5.41, 5.74) is 6.03. The van der Waals surface area contributed by atoms with Gasteiger partial charge in [0.1, 0.15) is 0 Å². The molecule has 0 bridgehead atoms. The average molecular weight is 209 g/mol. The maximum atomic E-state index is 10.6. The van der Waals surface area contributed by atoms with Gasteiger partial charge < -0.3 is 11.1 Å². The zero-order valence-electron chi connectivity index (χ0n) is 8.19. The van der Waals surface area contributed by atoms with Crippen LogP contribution in [0.2, 0.25) is 0 Å². The number of carbonyl (C=O) groups excluding carboxylic acids is 1. The van der Waals surface area contributed by atoms with Crippen molar-refractivity contribution in [3.8, 4) is 0 Å². The summed E-state index contributed by atoms with van der Waals surface area (Å²) >= 11 is 0. The summed E-state index contributed by atoms with van der Waals surface area (Å²) in [5.74, 6) is -0.516. The second-order valence-electron chi connectivity index (χ2n) is 3.08. The minimum atomic E-state index is -0.516. The Kier molecular flexibility index (Phi) is 3.22. The Bertz CT molecular complexity index is 404. The normalized spacial score (nSPS) is 9.67. The first-order valence-corrected chi connectivity index (χ1v) is 4.28. The number of rotatable bonds is 4. The van der Waals surface area contributed by atoms with Crippen LogP contribution in [0.1, 0.15) is 5.56 Å². The molecule has 6 heteroatoms. The van der Waals surface area contributed by atoms with E-state index in [0.29, 0.717) is 11.3 Å². The Balaban J connectivity index is 2.87. The first kappa shape index (κ1) is 11.0. The maximum absolute atomic E-state index is 10.6. The molecule has 6 nitrogen and oxygen atoms in total. The van der Waals surface area contributed by atoms with E-state index in [9.17, 15) is 14.9 Å². The molecule has 80 valence electrons. The van der Waals surface area contributed by atoms with Gasteiger partial charge in [0, 0.05) is 17.3 Å². The summed E-state index contributed by atoms with van der Waals surface area (Å²) in [5, 5.41) is 13.3. The Morgan fingerprint density at radius 3 is 2.80 bits per heavy atom. The predicted octanol–water partition coefficient (Wildman–Crippen LogP) is 0.800. The van der Waals surface area contributed by atoms with E-state index >= 15 is 0 Å². The molecule has 0 aliphatic heterocycles. The molecule has 1 rings (SSSR count). The third-order valence-corrected chi connectivity index (χ3v) is 1.87. The van der Waals surface area contributed by atoms with E-state index in [0.717, 1.165) is 0 Å². The lowest BCUT2D eigenvalue weighted by atomic mass is 10.2. The number of aryl methyl sites for hydroxylation is 1. The lowest BCUT2D eigenvalue weighted by Gasteiger charge is -2.04. The van der Waals surface area contributed by atoms with E-state index < -0.39 is 10.8 Å².